The third-order valence-electron chi connectivity index (χ3n) is 14.7. The minimum absolute atomic E-state index is 0.0241. The number of phenols is 1. The predicted molar refractivity (Wildman–Crippen MR) is 278 cm³/mol. The first-order valence-corrected chi connectivity index (χ1v) is 25.6. The minimum atomic E-state index is -0.759. The summed E-state index contributed by atoms with van der Waals surface area (Å²) in [7, 11) is 1.63. The fourth-order valence-electron chi connectivity index (χ4n) is 10.2. The molecule has 1 unspecified atom stereocenters. The fourth-order valence-corrected chi connectivity index (χ4v) is 11.0. The van der Waals surface area contributed by atoms with E-state index in [1.165, 1.54) is 0 Å². The van der Waals surface area contributed by atoms with Crippen LogP contribution in [0.25, 0.3) is 10.4 Å². The number of aliphatic hydroxyl groups excluding tert-OH is 1. The van der Waals surface area contributed by atoms with E-state index in [0.717, 1.165) is 52.1 Å². The summed E-state index contributed by atoms with van der Waals surface area (Å²) in [5.41, 5.74) is 13.6. The number of rotatable bonds is 24. The number of nitrogens with one attached hydrogen (secondary N) is 2. The Morgan fingerprint density at radius 2 is 1.59 bits per heavy atom. The number of unbranched alkanes of at least 4 members (excludes halogenated alkanes) is 1. The van der Waals surface area contributed by atoms with E-state index in [-0.39, 0.29) is 71.3 Å². The van der Waals surface area contributed by atoms with Crippen molar-refractivity contribution in [1.29, 1.82) is 0 Å². The number of carbonyl (C=O) groups is 4. The molecule has 0 radical (unpaired) electrons. The molecule has 6 N–H and O–H groups in total. The number of aromatic nitrogens is 1. The van der Waals surface area contributed by atoms with Gasteiger partial charge in [-0.3, -0.25) is 24.2 Å². The largest absolute Gasteiger partial charge is 0.507 e. The van der Waals surface area contributed by atoms with Gasteiger partial charge in [-0.25, -0.2) is 4.98 Å². The number of ether oxygens (including phenoxy) is 1. The van der Waals surface area contributed by atoms with Gasteiger partial charge in [0.2, 0.25) is 11.8 Å². The van der Waals surface area contributed by atoms with Crippen LogP contribution in [0.1, 0.15) is 114 Å². The van der Waals surface area contributed by atoms with Crippen molar-refractivity contribution in [3.05, 3.63) is 130 Å². The highest BCUT2D eigenvalue weighted by atomic mass is 32.1. The van der Waals surface area contributed by atoms with E-state index in [1.54, 1.807) is 42.7 Å². The lowest BCUT2D eigenvalue weighted by Crippen LogP contribution is -2.40. The van der Waals surface area contributed by atoms with E-state index in [1.807, 2.05) is 87.8 Å². The molecule has 1 aromatic heterocycles. The zero-order valence-corrected chi connectivity index (χ0v) is 42.9. The van der Waals surface area contributed by atoms with Gasteiger partial charge in [0.1, 0.15) is 23.1 Å². The number of aromatic hydroxyl groups is 1. The van der Waals surface area contributed by atoms with Gasteiger partial charge < -0.3 is 31.3 Å². The molecule has 0 bridgehead atoms. The van der Waals surface area contributed by atoms with Crippen LogP contribution in [0.5, 0.6) is 5.75 Å². The third kappa shape index (κ3) is 13.5. The molecular weight excluding hydrogens is 899 g/mol. The molecule has 12 nitrogen and oxygen atoms in total. The standard InChI is InChI=1S/C57H73N5O7S/c1-9-57(7)46(51(57)55(68)61-33-38-20-18-37(19-21-38)26-27-69-50(35(2)58)31-48(59-8)43-15-11-13-17-49(43)65)16-12-10-14-41(63)30-47(56(4,5)6)52(66)44-28-42(64)29-45(44)54(67)60-32-39-22-24-40(25-23-39)53-36(3)62-34-70-53/h11,13,15,17-25,31,34,42,44-47,51,64-65H,2,9-10,12,14,16,26-30,32-33,58H2,1,3-8H3,(H,60,67)(H,61,68)/b50-31+,59-48?/t42-,44?,45+,46-,47+,51+,57-/m0/s1. The molecule has 0 aliphatic heterocycles. The molecule has 2 saturated carbocycles. The lowest BCUT2D eigenvalue weighted by atomic mass is 9.70. The molecule has 2 fully saturated rings. The number of aryl methyl sites for hydroxylation is 1. The van der Waals surface area contributed by atoms with Crippen LogP contribution in [0.4, 0.5) is 0 Å². The summed E-state index contributed by atoms with van der Waals surface area (Å²) in [5.74, 6) is -1.58. The van der Waals surface area contributed by atoms with Crippen molar-refractivity contribution in [1.82, 2.24) is 15.6 Å². The Bertz CT molecular complexity index is 2540. The van der Waals surface area contributed by atoms with E-state index in [2.05, 4.69) is 41.0 Å². The molecule has 0 spiro atoms. The molecule has 2 amide bonds. The molecule has 3 aromatic carbocycles. The average Bonchev–Trinajstić information content (AvgIpc) is 3.55. The number of nitrogens with zero attached hydrogens (tertiary/aromatic N) is 2. The number of aliphatic imine (C=N–C) groups is 1. The topological polar surface area (TPSA) is 193 Å². The van der Waals surface area contributed by atoms with Gasteiger partial charge >= 0.3 is 0 Å². The van der Waals surface area contributed by atoms with Crippen LogP contribution in [0.3, 0.4) is 0 Å². The second kappa shape index (κ2) is 23.8. The van der Waals surface area contributed by atoms with Crippen LogP contribution in [0.15, 0.2) is 107 Å². The summed E-state index contributed by atoms with van der Waals surface area (Å²) >= 11 is 1.59. The maximum absolute atomic E-state index is 14.3. The van der Waals surface area contributed by atoms with Gasteiger partial charge in [-0.2, -0.15) is 0 Å². The smallest absolute Gasteiger partial charge is 0.224 e. The fraction of sp³-hybridized carbons (Fsp3) is 0.474. The number of hydrogen-bond acceptors (Lipinski definition) is 11. The van der Waals surface area contributed by atoms with Crippen LogP contribution >= 0.6 is 11.3 Å². The van der Waals surface area contributed by atoms with Gasteiger partial charge in [0.15, 0.2) is 0 Å². The van der Waals surface area contributed by atoms with Gasteiger partial charge in [-0.1, -0.05) is 108 Å². The Kier molecular flexibility index (Phi) is 18.2. The number of amides is 2. The first-order chi connectivity index (χ1) is 33.3. The molecule has 6 rings (SSSR count). The van der Waals surface area contributed by atoms with Crippen LogP contribution in [0.2, 0.25) is 0 Å². The minimum Gasteiger partial charge on any atom is -0.507 e. The lowest BCUT2D eigenvalue weighted by molar-refractivity contribution is -0.138. The van der Waals surface area contributed by atoms with Crippen molar-refractivity contribution in [2.45, 2.75) is 119 Å². The van der Waals surface area contributed by atoms with Gasteiger partial charge in [-0.05, 0) is 90.2 Å². The highest BCUT2D eigenvalue weighted by Crippen LogP contribution is 2.63. The molecule has 4 aromatic rings. The molecule has 0 saturated heterocycles. The van der Waals surface area contributed by atoms with Crippen LogP contribution in [0, 0.1) is 47.3 Å². The molecule has 70 heavy (non-hydrogen) atoms. The summed E-state index contributed by atoms with van der Waals surface area (Å²) in [6.07, 6.45) is 5.61. The molecule has 1 heterocycles. The first kappa shape index (κ1) is 53.4. The predicted octanol–water partition coefficient (Wildman–Crippen LogP) is 9.59. The SMILES string of the molecule is C=C(N)/C(=C\C(=NC)c1ccccc1O)OCCc1ccc(CNC(=O)[C@H]2[C@H](CCCCC(=O)C[C@H](C(=O)C3C[C@H](O)C[C@H]3C(=O)NCc3ccc(-c4scnc4C)cc3)C(C)(C)C)[C@]2(C)CC)cc1. The van der Waals surface area contributed by atoms with E-state index in [4.69, 9.17) is 10.5 Å². The Morgan fingerprint density at radius 3 is 2.19 bits per heavy atom. The van der Waals surface area contributed by atoms with Crippen molar-refractivity contribution < 1.29 is 34.1 Å². The summed E-state index contributed by atoms with van der Waals surface area (Å²) in [6.45, 7) is 17.1. The van der Waals surface area contributed by atoms with E-state index in [0.29, 0.717) is 56.0 Å². The highest BCUT2D eigenvalue weighted by molar-refractivity contribution is 7.13. The molecule has 13 heteroatoms. The summed E-state index contributed by atoms with van der Waals surface area (Å²) < 4.78 is 5.99. The molecular formula is C57H73N5O7S. The number of ketones is 2. The summed E-state index contributed by atoms with van der Waals surface area (Å²) in [6, 6.07) is 23.0. The number of para-hydroxylation sites is 1. The van der Waals surface area contributed by atoms with Gasteiger partial charge in [0.25, 0.3) is 0 Å². The zero-order valence-electron chi connectivity index (χ0n) is 42.1. The number of phenolic OH excluding ortho intramolecular Hbond substituents is 1. The summed E-state index contributed by atoms with van der Waals surface area (Å²) in [4.78, 5) is 64.7. The average molecular weight is 972 g/mol. The maximum atomic E-state index is 14.3. The van der Waals surface area contributed by atoms with E-state index < -0.39 is 29.3 Å². The summed E-state index contributed by atoms with van der Waals surface area (Å²) in [5, 5.41) is 27.2. The van der Waals surface area contributed by atoms with Gasteiger partial charge in [0, 0.05) is 68.8 Å². The van der Waals surface area contributed by atoms with Crippen LogP contribution in [-0.2, 0) is 43.4 Å². The second-order valence-electron chi connectivity index (χ2n) is 20.6. The Labute approximate surface area is 418 Å². The van der Waals surface area contributed by atoms with Gasteiger partial charge in [0.05, 0.1) is 46.1 Å². The highest BCUT2D eigenvalue weighted by Gasteiger charge is 2.62. The Morgan fingerprint density at radius 1 is 0.957 bits per heavy atom. The Balaban J connectivity index is 0.930. The first-order valence-electron chi connectivity index (χ1n) is 24.7. The lowest BCUT2D eigenvalue weighted by Gasteiger charge is -2.32. The zero-order chi connectivity index (χ0) is 50.8. The quantitative estimate of drug-likeness (QED) is 0.0197. The third-order valence-corrected chi connectivity index (χ3v) is 15.7. The molecule has 7 atom stereocenters. The molecule has 374 valence electrons. The monoisotopic (exact) mass is 972 g/mol. The number of hydrogen-bond donors (Lipinski definition) is 5. The second-order valence-corrected chi connectivity index (χ2v) is 21.4. The van der Waals surface area contributed by atoms with E-state index >= 15 is 0 Å². The number of nitrogens with two attached hydrogens (primary N) is 1. The van der Waals surface area contributed by atoms with Crippen LogP contribution < -0.4 is 16.4 Å². The van der Waals surface area contributed by atoms with E-state index in [9.17, 15) is 29.4 Å². The number of Topliss-reactive ketones (excluding diaryl/α,β-unsaturated/α-hetero) is 2. The number of allylic oxidation sites excluding steroid dienone is 1. The van der Waals surface area contributed by atoms with Crippen LogP contribution in [-0.4, -0.2) is 64.0 Å². The number of benzene rings is 3. The Hall–Kier alpha value is -5.92. The molecule has 2 aliphatic carbocycles. The normalized spacial score (nSPS) is 21.7. The van der Waals surface area contributed by atoms with Crippen molar-refractivity contribution in [2.24, 2.45) is 51.1 Å². The number of aliphatic hydroxyl groups is 1. The van der Waals surface area contributed by atoms with Crippen molar-refractivity contribution in [3.63, 3.8) is 0 Å². The van der Waals surface area contributed by atoms with Crippen molar-refractivity contribution >= 4 is 40.4 Å². The van der Waals surface area contributed by atoms with Crippen molar-refractivity contribution in [2.75, 3.05) is 13.7 Å². The number of carbonyl (C=O) groups excluding carboxylic acids is 4. The van der Waals surface area contributed by atoms with Gasteiger partial charge in [-0.15, -0.1) is 11.3 Å². The van der Waals surface area contributed by atoms with Crippen molar-refractivity contribution in [3.8, 4) is 16.2 Å². The maximum Gasteiger partial charge on any atom is 0.224 e. The number of thiazole rings is 1. The molecule has 2 aliphatic rings.